The minimum absolute atomic E-state index is 0.155. The molecule has 0 saturated carbocycles. The molecule has 1 aromatic heterocycles. The largest absolute Gasteiger partial charge is 0.493 e. The van der Waals surface area contributed by atoms with Gasteiger partial charge in [0.15, 0.2) is 11.5 Å². The molecule has 0 saturated heterocycles. The summed E-state index contributed by atoms with van der Waals surface area (Å²) in [5.74, 6) is 1.64. The number of nitrogens with zero attached hydrogens (tertiary/aromatic N) is 2. The first-order chi connectivity index (χ1) is 17.9. The van der Waals surface area contributed by atoms with Crippen LogP contribution < -0.4 is 25.1 Å². The van der Waals surface area contributed by atoms with E-state index in [0.29, 0.717) is 51.5 Å². The number of ether oxygens (including phenoxy) is 3. The van der Waals surface area contributed by atoms with Crippen molar-refractivity contribution in [3.05, 3.63) is 92.7 Å². The van der Waals surface area contributed by atoms with Crippen molar-refractivity contribution in [1.29, 1.82) is 0 Å². The van der Waals surface area contributed by atoms with Gasteiger partial charge in [-0.25, -0.2) is 9.36 Å². The van der Waals surface area contributed by atoms with E-state index in [-0.39, 0.29) is 18.0 Å². The first-order valence-electron chi connectivity index (χ1n) is 11.8. The summed E-state index contributed by atoms with van der Waals surface area (Å²) < 4.78 is 19.8. The highest BCUT2D eigenvalue weighted by Gasteiger charge is 2.29. The highest BCUT2D eigenvalue weighted by atomic mass is 35.5. The number of hydrogen-bond acceptors (Lipinski definition) is 5. The zero-order valence-corrected chi connectivity index (χ0v) is 21.5. The summed E-state index contributed by atoms with van der Waals surface area (Å²) in [4.78, 5) is 26.9. The lowest BCUT2D eigenvalue weighted by molar-refractivity contribution is -0.117. The van der Waals surface area contributed by atoms with E-state index in [0.717, 1.165) is 17.5 Å². The Morgan fingerprint density at radius 2 is 1.78 bits per heavy atom. The van der Waals surface area contributed by atoms with Gasteiger partial charge in [0.2, 0.25) is 11.8 Å². The summed E-state index contributed by atoms with van der Waals surface area (Å²) in [6.45, 7) is 1.91. The van der Waals surface area contributed by atoms with E-state index in [4.69, 9.17) is 25.8 Å². The maximum absolute atomic E-state index is 13.6. The van der Waals surface area contributed by atoms with Crippen LogP contribution in [0, 0.1) is 0 Å². The second-order valence-corrected chi connectivity index (χ2v) is 9.06. The molecular weight excluding hydrogens is 494 g/mol. The van der Waals surface area contributed by atoms with Crippen molar-refractivity contribution in [3.8, 4) is 28.8 Å². The van der Waals surface area contributed by atoms with Gasteiger partial charge in [-0.2, -0.15) is 0 Å². The normalized spacial score (nSPS) is 11.8. The van der Waals surface area contributed by atoms with Gasteiger partial charge in [-0.1, -0.05) is 30.7 Å². The Morgan fingerprint density at radius 1 is 1.03 bits per heavy atom. The average Bonchev–Trinajstić information content (AvgIpc) is 3.17. The molecule has 8 nitrogen and oxygen atoms in total. The number of aromatic nitrogens is 2. The molecule has 2 heterocycles. The number of carbonyl (C=O) groups excluding carboxylic acids is 1. The van der Waals surface area contributed by atoms with Gasteiger partial charge in [-0.15, -0.1) is 0 Å². The number of fused-ring (bicyclic) bond motifs is 2. The van der Waals surface area contributed by atoms with Crippen LogP contribution in [-0.4, -0.2) is 29.5 Å². The number of benzene rings is 3. The van der Waals surface area contributed by atoms with Crippen LogP contribution in [0.15, 0.2) is 65.5 Å². The van der Waals surface area contributed by atoms with Crippen LogP contribution in [0.4, 0.5) is 5.69 Å². The quantitative estimate of drug-likeness (QED) is 0.319. The van der Waals surface area contributed by atoms with Crippen LogP contribution in [-0.2, 0) is 24.2 Å². The zero-order chi connectivity index (χ0) is 26.1. The highest BCUT2D eigenvalue weighted by Crippen LogP contribution is 2.37. The lowest BCUT2D eigenvalue weighted by Crippen LogP contribution is -2.27. The molecule has 1 aliphatic heterocycles. The lowest BCUT2D eigenvalue weighted by atomic mass is 10.0. The molecule has 4 aromatic rings. The summed E-state index contributed by atoms with van der Waals surface area (Å²) in [5, 5.41) is 3.44. The van der Waals surface area contributed by atoms with E-state index in [9.17, 15) is 9.59 Å². The van der Waals surface area contributed by atoms with Crippen molar-refractivity contribution < 1.29 is 19.0 Å². The topological polar surface area (TPSA) is 83.7 Å². The molecule has 0 spiro atoms. The third kappa shape index (κ3) is 4.68. The SMILES string of the molecule is CCc1ccc(-n2c(=O)c3c(n2CC(=O)Nc2ccc(OC)c(OC)c2)Oc2ccc(Cl)cc2C3)cc1. The smallest absolute Gasteiger partial charge is 0.278 e. The standard InChI is InChI=1S/C28H26ClN3O5/c1-4-17-5-9-21(10-6-17)32-27(34)22-14-18-13-19(29)7-11-23(18)37-28(22)31(32)16-26(33)30-20-8-12-24(35-2)25(15-20)36-3/h5-13,15H,4,14,16H2,1-3H3,(H,30,33). The van der Waals surface area contributed by atoms with Crippen LogP contribution in [0.25, 0.3) is 5.69 Å². The fraction of sp³-hybridized carbons (Fsp3) is 0.214. The van der Waals surface area contributed by atoms with Gasteiger partial charge in [-0.3, -0.25) is 9.59 Å². The van der Waals surface area contributed by atoms with Gasteiger partial charge >= 0.3 is 0 Å². The molecule has 0 fully saturated rings. The van der Waals surface area contributed by atoms with E-state index in [2.05, 4.69) is 12.2 Å². The number of amides is 1. The predicted octanol–water partition coefficient (Wildman–Crippen LogP) is 5.21. The lowest BCUT2D eigenvalue weighted by Gasteiger charge is -2.20. The Labute approximate surface area is 218 Å². The number of hydrogen-bond donors (Lipinski definition) is 1. The maximum atomic E-state index is 13.6. The Morgan fingerprint density at radius 3 is 2.49 bits per heavy atom. The number of halogens is 1. The van der Waals surface area contributed by atoms with Crippen molar-refractivity contribution >= 4 is 23.2 Å². The third-order valence-electron chi connectivity index (χ3n) is 6.33. The Bertz CT molecular complexity index is 1540. The van der Waals surface area contributed by atoms with Gasteiger partial charge < -0.3 is 19.5 Å². The Kier molecular flexibility index (Phi) is 6.67. The summed E-state index contributed by atoms with van der Waals surface area (Å²) in [6, 6.07) is 18.1. The van der Waals surface area contributed by atoms with Crippen molar-refractivity contribution in [3.63, 3.8) is 0 Å². The van der Waals surface area contributed by atoms with E-state index < -0.39 is 0 Å². The van der Waals surface area contributed by atoms with Crippen molar-refractivity contribution in [2.45, 2.75) is 26.3 Å². The highest BCUT2D eigenvalue weighted by molar-refractivity contribution is 6.30. The van der Waals surface area contributed by atoms with E-state index in [1.807, 2.05) is 24.3 Å². The number of anilines is 1. The summed E-state index contributed by atoms with van der Waals surface area (Å²) in [5.41, 5.74) is 3.35. The molecule has 190 valence electrons. The summed E-state index contributed by atoms with van der Waals surface area (Å²) in [6.07, 6.45) is 1.22. The average molecular weight is 520 g/mol. The van der Waals surface area contributed by atoms with Gasteiger partial charge in [-0.05, 0) is 54.4 Å². The van der Waals surface area contributed by atoms with E-state index in [1.165, 1.54) is 11.8 Å². The van der Waals surface area contributed by atoms with Gasteiger partial charge in [0.1, 0.15) is 12.3 Å². The molecule has 0 bridgehead atoms. The minimum Gasteiger partial charge on any atom is -0.493 e. The fourth-order valence-corrected chi connectivity index (χ4v) is 4.64. The first-order valence-corrected chi connectivity index (χ1v) is 12.2. The zero-order valence-electron chi connectivity index (χ0n) is 20.7. The maximum Gasteiger partial charge on any atom is 0.278 e. The van der Waals surface area contributed by atoms with Crippen LogP contribution in [0.3, 0.4) is 0 Å². The fourth-order valence-electron chi connectivity index (χ4n) is 4.44. The Hall–Kier alpha value is -4.17. The third-order valence-corrected chi connectivity index (χ3v) is 6.57. The number of carbonyl (C=O) groups is 1. The van der Waals surface area contributed by atoms with Crippen LogP contribution >= 0.6 is 11.6 Å². The number of methoxy groups -OCH3 is 2. The van der Waals surface area contributed by atoms with Crippen LogP contribution in [0.2, 0.25) is 5.02 Å². The second-order valence-electron chi connectivity index (χ2n) is 8.63. The van der Waals surface area contributed by atoms with Gasteiger partial charge in [0.25, 0.3) is 5.56 Å². The molecule has 3 aromatic carbocycles. The van der Waals surface area contributed by atoms with Crippen molar-refractivity contribution in [2.75, 3.05) is 19.5 Å². The first kappa shape index (κ1) is 24.5. The van der Waals surface area contributed by atoms with Crippen molar-refractivity contribution in [2.24, 2.45) is 0 Å². The van der Waals surface area contributed by atoms with Crippen LogP contribution in [0.5, 0.6) is 23.1 Å². The predicted molar refractivity (Wildman–Crippen MR) is 142 cm³/mol. The van der Waals surface area contributed by atoms with E-state index >= 15 is 0 Å². The molecule has 9 heteroatoms. The molecule has 0 atom stereocenters. The molecule has 1 aliphatic rings. The number of rotatable bonds is 7. The molecule has 0 aliphatic carbocycles. The van der Waals surface area contributed by atoms with E-state index in [1.54, 1.807) is 48.2 Å². The summed E-state index contributed by atoms with van der Waals surface area (Å²) >= 11 is 6.18. The Balaban J connectivity index is 1.54. The number of nitrogens with one attached hydrogen (secondary N) is 1. The van der Waals surface area contributed by atoms with Gasteiger partial charge in [0, 0.05) is 28.8 Å². The minimum atomic E-state index is -0.338. The van der Waals surface area contributed by atoms with Crippen LogP contribution in [0.1, 0.15) is 23.6 Å². The molecule has 0 radical (unpaired) electrons. The monoisotopic (exact) mass is 519 g/mol. The molecular formula is C28H26ClN3O5. The second kappa shape index (κ2) is 10.1. The number of aryl methyl sites for hydroxylation is 1. The summed E-state index contributed by atoms with van der Waals surface area (Å²) in [7, 11) is 3.07. The molecule has 1 amide bonds. The molecule has 37 heavy (non-hydrogen) atoms. The van der Waals surface area contributed by atoms with Crippen molar-refractivity contribution in [1.82, 2.24) is 9.36 Å². The van der Waals surface area contributed by atoms with Gasteiger partial charge in [0.05, 0.1) is 25.5 Å². The molecule has 1 N–H and O–H groups in total. The molecule has 0 unspecified atom stereocenters. The molecule has 5 rings (SSSR count).